The fourth-order valence-corrected chi connectivity index (χ4v) is 5.92. The lowest BCUT2D eigenvalue weighted by Gasteiger charge is -2.36. The first kappa shape index (κ1) is 21.9. The molecule has 27 heavy (non-hydrogen) atoms. The minimum absolute atomic E-state index is 0.118. The van der Waals surface area contributed by atoms with Crippen LogP contribution in [0.2, 0.25) is 18.1 Å². The van der Waals surface area contributed by atoms with Gasteiger partial charge in [-0.15, -0.1) is 0 Å². The Kier molecular flexibility index (Phi) is 6.71. The maximum Gasteiger partial charge on any atom is 0.333 e. The van der Waals surface area contributed by atoms with Gasteiger partial charge in [0, 0.05) is 5.57 Å². The van der Waals surface area contributed by atoms with Gasteiger partial charge in [0.25, 0.3) is 0 Å². The number of carbonyl (C=O) groups excluding carboxylic acids is 1. The summed E-state index contributed by atoms with van der Waals surface area (Å²) in [6, 6.07) is 10.1. The van der Waals surface area contributed by atoms with Crippen LogP contribution in [0.5, 0.6) is 0 Å². The maximum absolute atomic E-state index is 12.1. The SMILES string of the molecule is CC/C(=C/[C@]1(COCc2ccccc2)O[C@@H]1[Si](C)(C)C(C)(C)C)C(=O)OC. The van der Waals surface area contributed by atoms with Gasteiger partial charge in [-0.1, -0.05) is 71.1 Å². The predicted molar refractivity (Wildman–Crippen MR) is 111 cm³/mol. The van der Waals surface area contributed by atoms with Crippen molar-refractivity contribution in [3.05, 3.63) is 47.5 Å². The molecule has 2 rings (SSSR count). The van der Waals surface area contributed by atoms with Crippen molar-refractivity contribution < 1.29 is 19.0 Å². The molecule has 1 saturated heterocycles. The number of hydrogen-bond acceptors (Lipinski definition) is 4. The van der Waals surface area contributed by atoms with Crippen LogP contribution in [0.1, 0.15) is 39.7 Å². The highest BCUT2D eigenvalue weighted by Crippen LogP contribution is 2.52. The highest BCUT2D eigenvalue weighted by Gasteiger charge is 2.65. The number of esters is 1. The second-order valence-corrected chi connectivity index (χ2v) is 14.4. The molecule has 0 amide bonds. The molecule has 0 aromatic heterocycles. The minimum Gasteiger partial charge on any atom is -0.466 e. The van der Waals surface area contributed by atoms with Crippen molar-refractivity contribution in [1.82, 2.24) is 0 Å². The van der Waals surface area contributed by atoms with E-state index in [-0.39, 0.29) is 16.7 Å². The van der Waals surface area contributed by atoms with Gasteiger partial charge in [0.05, 0.1) is 34.1 Å². The molecule has 0 N–H and O–H groups in total. The van der Waals surface area contributed by atoms with Crippen molar-refractivity contribution >= 4 is 14.0 Å². The third kappa shape index (κ3) is 4.89. The summed E-state index contributed by atoms with van der Waals surface area (Å²) in [7, 11) is -0.339. The first-order valence-electron chi connectivity index (χ1n) is 9.67. The van der Waals surface area contributed by atoms with E-state index in [1.165, 1.54) is 7.11 Å². The fourth-order valence-electron chi connectivity index (χ4n) is 3.23. The monoisotopic (exact) mass is 390 g/mol. The van der Waals surface area contributed by atoms with Crippen molar-refractivity contribution in [2.24, 2.45) is 0 Å². The van der Waals surface area contributed by atoms with E-state index in [0.717, 1.165) is 5.56 Å². The van der Waals surface area contributed by atoms with Crippen LogP contribution in [0, 0.1) is 0 Å². The Labute approximate surface area is 164 Å². The average Bonchev–Trinajstić information content (AvgIpc) is 3.34. The Morgan fingerprint density at radius 1 is 1.26 bits per heavy atom. The summed E-state index contributed by atoms with van der Waals surface area (Å²) in [6.45, 7) is 14.5. The van der Waals surface area contributed by atoms with Crippen molar-refractivity contribution in [3.8, 4) is 0 Å². The van der Waals surface area contributed by atoms with Gasteiger partial charge < -0.3 is 14.2 Å². The van der Waals surface area contributed by atoms with Crippen LogP contribution in [0.3, 0.4) is 0 Å². The third-order valence-electron chi connectivity index (χ3n) is 6.00. The zero-order chi connectivity index (χ0) is 20.3. The smallest absolute Gasteiger partial charge is 0.333 e. The van der Waals surface area contributed by atoms with E-state index in [4.69, 9.17) is 14.2 Å². The van der Waals surface area contributed by atoms with Gasteiger partial charge in [-0.25, -0.2) is 4.79 Å². The summed E-state index contributed by atoms with van der Waals surface area (Å²) < 4.78 is 17.3. The summed E-state index contributed by atoms with van der Waals surface area (Å²) in [4.78, 5) is 12.1. The van der Waals surface area contributed by atoms with E-state index in [2.05, 4.69) is 33.9 Å². The summed E-state index contributed by atoms with van der Waals surface area (Å²) >= 11 is 0. The molecule has 0 unspecified atom stereocenters. The predicted octanol–water partition coefficient (Wildman–Crippen LogP) is 4.90. The number of epoxide rings is 1. The maximum atomic E-state index is 12.1. The van der Waals surface area contributed by atoms with Gasteiger partial charge in [0.1, 0.15) is 5.60 Å². The molecule has 0 bridgehead atoms. The van der Waals surface area contributed by atoms with Gasteiger partial charge in [-0.3, -0.25) is 0 Å². The van der Waals surface area contributed by atoms with Crippen LogP contribution in [-0.4, -0.2) is 39.1 Å². The van der Waals surface area contributed by atoms with Crippen LogP contribution < -0.4 is 0 Å². The second kappa shape index (κ2) is 8.29. The van der Waals surface area contributed by atoms with Crippen molar-refractivity contribution in [2.75, 3.05) is 13.7 Å². The Bertz CT molecular complexity index is 675. The number of carbonyl (C=O) groups is 1. The Hall–Kier alpha value is -1.43. The molecule has 1 aliphatic heterocycles. The summed E-state index contributed by atoms with van der Waals surface area (Å²) in [5, 5.41) is 0.185. The van der Waals surface area contributed by atoms with E-state index in [9.17, 15) is 4.79 Å². The molecule has 0 spiro atoms. The largest absolute Gasteiger partial charge is 0.466 e. The van der Waals surface area contributed by atoms with Crippen molar-refractivity contribution in [2.45, 2.75) is 70.2 Å². The normalized spacial score (nSPS) is 23.2. The van der Waals surface area contributed by atoms with E-state index in [0.29, 0.717) is 25.2 Å². The second-order valence-electron chi connectivity index (χ2n) is 8.92. The number of methoxy groups -OCH3 is 1. The lowest BCUT2D eigenvalue weighted by atomic mass is 10.1. The lowest BCUT2D eigenvalue weighted by molar-refractivity contribution is -0.136. The number of benzene rings is 1. The minimum atomic E-state index is -1.76. The number of hydrogen-bond donors (Lipinski definition) is 0. The van der Waals surface area contributed by atoms with Gasteiger partial charge >= 0.3 is 5.97 Å². The molecule has 4 nitrogen and oxygen atoms in total. The van der Waals surface area contributed by atoms with Crippen LogP contribution in [0.4, 0.5) is 0 Å². The molecular formula is C22H34O4Si. The molecule has 1 aromatic rings. The van der Waals surface area contributed by atoms with E-state index in [1.807, 2.05) is 43.3 Å². The first-order chi connectivity index (χ1) is 12.6. The molecule has 150 valence electrons. The van der Waals surface area contributed by atoms with Gasteiger partial charge in [0.15, 0.2) is 0 Å². The molecule has 1 aliphatic rings. The molecule has 0 radical (unpaired) electrons. The van der Waals surface area contributed by atoms with Gasteiger partial charge in [-0.2, -0.15) is 0 Å². The van der Waals surface area contributed by atoms with E-state index >= 15 is 0 Å². The summed E-state index contributed by atoms with van der Waals surface area (Å²) in [6.07, 6.45) is 2.58. The Balaban J connectivity index is 2.22. The van der Waals surface area contributed by atoms with E-state index in [1.54, 1.807) is 0 Å². The van der Waals surface area contributed by atoms with Crippen molar-refractivity contribution in [3.63, 3.8) is 0 Å². The Morgan fingerprint density at radius 2 is 1.89 bits per heavy atom. The van der Waals surface area contributed by atoms with Gasteiger partial charge in [0.2, 0.25) is 0 Å². The highest BCUT2D eigenvalue weighted by atomic mass is 28.3. The van der Waals surface area contributed by atoms with Crippen LogP contribution in [-0.2, 0) is 25.6 Å². The van der Waals surface area contributed by atoms with Crippen LogP contribution in [0.15, 0.2) is 42.0 Å². The van der Waals surface area contributed by atoms with E-state index < -0.39 is 13.7 Å². The topological polar surface area (TPSA) is 48.1 Å². The molecule has 0 saturated carbocycles. The molecule has 2 atom stereocenters. The average molecular weight is 391 g/mol. The van der Waals surface area contributed by atoms with Crippen LogP contribution >= 0.6 is 0 Å². The molecule has 0 aliphatic carbocycles. The van der Waals surface area contributed by atoms with Gasteiger partial charge in [-0.05, 0) is 23.1 Å². The zero-order valence-corrected chi connectivity index (χ0v) is 18.8. The molecule has 1 fully saturated rings. The fraction of sp³-hybridized carbons (Fsp3) is 0.591. The quantitative estimate of drug-likeness (QED) is 0.274. The molecular weight excluding hydrogens is 356 g/mol. The van der Waals surface area contributed by atoms with Crippen molar-refractivity contribution in [1.29, 1.82) is 0 Å². The summed E-state index contributed by atoms with van der Waals surface area (Å²) in [5.74, 6) is -0.288. The first-order valence-corrected chi connectivity index (χ1v) is 12.7. The highest BCUT2D eigenvalue weighted by molar-refractivity contribution is 6.82. The lowest BCUT2D eigenvalue weighted by Crippen LogP contribution is -2.47. The number of rotatable bonds is 8. The standard InChI is InChI=1S/C22H34O4Si/c1-8-18(19(23)24-5)14-22(16-25-15-17-12-10-9-11-13-17)20(26-22)27(6,7)21(2,3)4/h9-14,20H,8,15-16H2,1-7H3/b18-14-/t20-,22-/m1/s1. The molecule has 5 heteroatoms. The Morgan fingerprint density at radius 3 is 2.41 bits per heavy atom. The van der Waals surface area contributed by atoms with Crippen LogP contribution in [0.25, 0.3) is 0 Å². The number of ether oxygens (including phenoxy) is 3. The summed E-state index contributed by atoms with van der Waals surface area (Å²) in [5.41, 5.74) is 1.37. The zero-order valence-electron chi connectivity index (χ0n) is 17.8. The third-order valence-corrected chi connectivity index (χ3v) is 11.8. The molecule has 1 heterocycles. The molecule has 1 aromatic carbocycles.